The molecule has 1 atom stereocenters. The smallest absolute Gasteiger partial charge is 0.261 e. The maximum absolute atomic E-state index is 13.0. The summed E-state index contributed by atoms with van der Waals surface area (Å²) in [4.78, 5) is 27.3. The standard InChI is InChI=1S/C24H32N2O4/c1-18(23(28)25-24(2,3)4)26(16-15-19-11-7-6-8-12-19)22(27)17-30-21-14-10-9-13-20(21)29-5/h6-14,18H,15-17H2,1-5H3,(H,25,28)/t18-/m1/s1. The molecule has 162 valence electrons. The zero-order valence-corrected chi connectivity index (χ0v) is 18.5. The summed E-state index contributed by atoms with van der Waals surface area (Å²) in [6, 6.07) is 16.4. The summed E-state index contributed by atoms with van der Waals surface area (Å²) < 4.78 is 11.0. The fourth-order valence-electron chi connectivity index (χ4n) is 3.00. The number of nitrogens with zero attached hydrogens (tertiary/aromatic N) is 1. The van der Waals surface area contributed by atoms with Gasteiger partial charge in [-0.2, -0.15) is 0 Å². The van der Waals surface area contributed by atoms with Gasteiger partial charge in [-0.25, -0.2) is 0 Å². The number of ether oxygens (including phenoxy) is 2. The molecular formula is C24H32N2O4. The van der Waals surface area contributed by atoms with Crippen LogP contribution in [0.1, 0.15) is 33.3 Å². The second-order valence-corrected chi connectivity index (χ2v) is 8.18. The third-order valence-corrected chi connectivity index (χ3v) is 4.57. The quantitative estimate of drug-likeness (QED) is 0.685. The van der Waals surface area contributed by atoms with Crippen LogP contribution in [0.5, 0.6) is 11.5 Å². The van der Waals surface area contributed by atoms with Crippen LogP contribution < -0.4 is 14.8 Å². The zero-order chi connectivity index (χ0) is 22.1. The number of hydrogen-bond acceptors (Lipinski definition) is 4. The van der Waals surface area contributed by atoms with Gasteiger partial charge in [-0.05, 0) is 51.8 Å². The van der Waals surface area contributed by atoms with E-state index >= 15 is 0 Å². The van der Waals surface area contributed by atoms with Gasteiger partial charge in [-0.1, -0.05) is 42.5 Å². The van der Waals surface area contributed by atoms with E-state index in [1.54, 1.807) is 31.1 Å². The summed E-state index contributed by atoms with van der Waals surface area (Å²) in [6.45, 7) is 7.72. The van der Waals surface area contributed by atoms with Crippen LogP contribution in [0.4, 0.5) is 0 Å². The van der Waals surface area contributed by atoms with E-state index in [1.807, 2.05) is 63.2 Å². The maximum atomic E-state index is 13.0. The van der Waals surface area contributed by atoms with E-state index in [9.17, 15) is 9.59 Å². The van der Waals surface area contributed by atoms with Crippen LogP contribution in [0, 0.1) is 0 Å². The van der Waals surface area contributed by atoms with Crippen LogP contribution in [-0.2, 0) is 16.0 Å². The Morgan fingerprint density at radius 1 is 1.00 bits per heavy atom. The van der Waals surface area contributed by atoms with Gasteiger partial charge in [-0.15, -0.1) is 0 Å². The predicted octanol–water partition coefficient (Wildman–Crippen LogP) is 3.45. The number of methoxy groups -OCH3 is 1. The van der Waals surface area contributed by atoms with Crippen LogP contribution in [0.25, 0.3) is 0 Å². The summed E-state index contributed by atoms with van der Waals surface area (Å²) in [5.41, 5.74) is 0.720. The lowest BCUT2D eigenvalue weighted by Gasteiger charge is -2.31. The molecule has 0 spiro atoms. The lowest BCUT2D eigenvalue weighted by molar-refractivity contribution is -0.142. The summed E-state index contributed by atoms with van der Waals surface area (Å²) in [7, 11) is 1.55. The minimum Gasteiger partial charge on any atom is -0.493 e. The molecule has 2 aromatic carbocycles. The number of carbonyl (C=O) groups is 2. The van der Waals surface area contributed by atoms with Crippen molar-refractivity contribution in [3.05, 3.63) is 60.2 Å². The molecule has 0 fully saturated rings. The van der Waals surface area contributed by atoms with E-state index in [0.29, 0.717) is 24.5 Å². The second-order valence-electron chi connectivity index (χ2n) is 8.18. The minimum atomic E-state index is -0.623. The Morgan fingerprint density at radius 3 is 2.20 bits per heavy atom. The van der Waals surface area contributed by atoms with Gasteiger partial charge in [0, 0.05) is 12.1 Å². The van der Waals surface area contributed by atoms with Crippen molar-refractivity contribution in [3.63, 3.8) is 0 Å². The highest BCUT2D eigenvalue weighted by Crippen LogP contribution is 2.25. The number of hydrogen-bond donors (Lipinski definition) is 1. The van der Waals surface area contributed by atoms with E-state index in [1.165, 1.54) is 0 Å². The summed E-state index contributed by atoms with van der Waals surface area (Å²) in [5, 5.41) is 2.95. The molecule has 0 aliphatic carbocycles. The Morgan fingerprint density at radius 2 is 1.60 bits per heavy atom. The van der Waals surface area contributed by atoms with Gasteiger partial charge in [0.05, 0.1) is 7.11 Å². The van der Waals surface area contributed by atoms with Crippen LogP contribution in [0.15, 0.2) is 54.6 Å². The predicted molar refractivity (Wildman–Crippen MR) is 118 cm³/mol. The molecule has 1 N–H and O–H groups in total. The average Bonchev–Trinajstić information content (AvgIpc) is 2.71. The van der Waals surface area contributed by atoms with Crippen LogP contribution in [0.2, 0.25) is 0 Å². The molecule has 30 heavy (non-hydrogen) atoms. The Bertz CT molecular complexity index is 831. The van der Waals surface area contributed by atoms with Crippen molar-refractivity contribution >= 4 is 11.8 Å². The van der Waals surface area contributed by atoms with E-state index in [4.69, 9.17) is 9.47 Å². The highest BCUT2D eigenvalue weighted by Gasteiger charge is 2.28. The first-order valence-electron chi connectivity index (χ1n) is 10.1. The number of nitrogens with one attached hydrogen (secondary N) is 1. The third-order valence-electron chi connectivity index (χ3n) is 4.57. The minimum absolute atomic E-state index is 0.178. The first-order chi connectivity index (χ1) is 14.2. The van der Waals surface area contributed by atoms with Crippen molar-refractivity contribution in [2.75, 3.05) is 20.3 Å². The van der Waals surface area contributed by atoms with Gasteiger partial charge in [0.15, 0.2) is 18.1 Å². The van der Waals surface area contributed by atoms with Gasteiger partial charge < -0.3 is 19.7 Å². The highest BCUT2D eigenvalue weighted by atomic mass is 16.5. The topological polar surface area (TPSA) is 67.9 Å². The Hall–Kier alpha value is -3.02. The lowest BCUT2D eigenvalue weighted by atomic mass is 10.1. The highest BCUT2D eigenvalue weighted by molar-refractivity contribution is 5.88. The average molecular weight is 413 g/mol. The molecule has 0 aliphatic rings. The molecule has 2 aromatic rings. The monoisotopic (exact) mass is 412 g/mol. The van der Waals surface area contributed by atoms with Gasteiger partial charge >= 0.3 is 0 Å². The summed E-state index contributed by atoms with van der Waals surface area (Å²) >= 11 is 0. The molecule has 0 aromatic heterocycles. The summed E-state index contributed by atoms with van der Waals surface area (Å²) in [6.07, 6.45) is 0.647. The summed E-state index contributed by atoms with van der Waals surface area (Å²) in [5.74, 6) is 0.595. The molecule has 0 unspecified atom stereocenters. The Labute approximate surface area is 179 Å². The zero-order valence-electron chi connectivity index (χ0n) is 18.5. The normalized spacial score (nSPS) is 12.0. The molecule has 0 aliphatic heterocycles. The molecule has 0 radical (unpaired) electrons. The second kappa shape index (κ2) is 10.7. The van der Waals surface area contributed by atoms with Crippen molar-refractivity contribution in [2.24, 2.45) is 0 Å². The Kier molecular flexibility index (Phi) is 8.27. The van der Waals surface area contributed by atoms with Gasteiger partial charge in [-0.3, -0.25) is 9.59 Å². The van der Waals surface area contributed by atoms with E-state index in [0.717, 1.165) is 5.56 Å². The van der Waals surface area contributed by atoms with Crippen molar-refractivity contribution in [1.29, 1.82) is 0 Å². The van der Waals surface area contributed by atoms with Gasteiger partial charge in [0.2, 0.25) is 5.91 Å². The number of carbonyl (C=O) groups excluding carboxylic acids is 2. The SMILES string of the molecule is COc1ccccc1OCC(=O)N(CCc1ccccc1)[C@H](C)C(=O)NC(C)(C)C. The fraction of sp³-hybridized carbons (Fsp3) is 0.417. The first-order valence-corrected chi connectivity index (χ1v) is 10.1. The molecule has 2 amide bonds. The number of amides is 2. The fourth-order valence-corrected chi connectivity index (χ4v) is 3.00. The molecule has 0 bridgehead atoms. The van der Waals surface area contributed by atoms with Crippen LogP contribution in [-0.4, -0.2) is 48.6 Å². The van der Waals surface area contributed by atoms with Gasteiger partial charge in [0.25, 0.3) is 5.91 Å². The molecule has 0 saturated heterocycles. The molecule has 6 heteroatoms. The largest absolute Gasteiger partial charge is 0.493 e. The Balaban J connectivity index is 2.12. The third kappa shape index (κ3) is 7.10. The van der Waals surface area contributed by atoms with Crippen molar-refractivity contribution in [3.8, 4) is 11.5 Å². The molecule has 0 heterocycles. The van der Waals surface area contributed by atoms with Crippen LogP contribution >= 0.6 is 0 Å². The first kappa shape index (κ1) is 23.3. The molecule has 6 nitrogen and oxygen atoms in total. The van der Waals surface area contributed by atoms with E-state index in [2.05, 4.69) is 5.32 Å². The number of rotatable bonds is 9. The van der Waals surface area contributed by atoms with E-state index < -0.39 is 6.04 Å². The number of benzene rings is 2. The number of para-hydroxylation sites is 2. The van der Waals surface area contributed by atoms with E-state index in [-0.39, 0.29) is 24.0 Å². The lowest BCUT2D eigenvalue weighted by Crippen LogP contribution is -2.53. The van der Waals surface area contributed by atoms with Crippen molar-refractivity contribution < 1.29 is 19.1 Å². The molecule has 0 saturated carbocycles. The van der Waals surface area contributed by atoms with Gasteiger partial charge in [0.1, 0.15) is 6.04 Å². The molecular weight excluding hydrogens is 380 g/mol. The van der Waals surface area contributed by atoms with Crippen molar-refractivity contribution in [1.82, 2.24) is 10.2 Å². The van der Waals surface area contributed by atoms with Crippen molar-refractivity contribution in [2.45, 2.75) is 45.7 Å². The van der Waals surface area contributed by atoms with Crippen LogP contribution in [0.3, 0.4) is 0 Å². The molecule has 2 rings (SSSR count). The maximum Gasteiger partial charge on any atom is 0.261 e.